The van der Waals surface area contributed by atoms with Gasteiger partial charge in [0.25, 0.3) is 0 Å². The van der Waals surface area contributed by atoms with Gasteiger partial charge in [-0.15, -0.1) is 0 Å². The fraction of sp³-hybridized carbons (Fsp3) is 0.500. The Hall–Kier alpha value is -1.47. The minimum absolute atomic E-state index is 0.0138. The highest BCUT2D eigenvalue weighted by Crippen LogP contribution is 2.28. The summed E-state index contributed by atoms with van der Waals surface area (Å²) in [5, 5.41) is 7.42. The molecule has 0 aromatic heterocycles. The normalized spacial score (nSPS) is 13.8. The lowest BCUT2D eigenvalue weighted by atomic mass is 9.80. The quantitative estimate of drug-likeness (QED) is 0.894. The van der Waals surface area contributed by atoms with Crippen molar-refractivity contribution in [3.05, 3.63) is 24.0 Å². The first-order valence-corrected chi connectivity index (χ1v) is 8.08. The second-order valence-electron chi connectivity index (χ2n) is 6.21. The molecule has 7 heteroatoms. The first-order chi connectivity index (χ1) is 9.41. The molecule has 0 radical (unpaired) electrons. The van der Waals surface area contributed by atoms with Crippen LogP contribution in [0.1, 0.15) is 34.1 Å². The molecule has 0 saturated carbocycles. The molecule has 0 aliphatic heterocycles. The lowest BCUT2D eigenvalue weighted by Crippen LogP contribution is -2.24. The van der Waals surface area contributed by atoms with Gasteiger partial charge in [-0.05, 0) is 29.5 Å². The molecule has 0 saturated heterocycles. The number of carbonyl (C=O) groups excluding carboxylic acids is 1. The van der Waals surface area contributed by atoms with Gasteiger partial charge < -0.3 is 5.32 Å². The number of anilines is 1. The van der Waals surface area contributed by atoms with E-state index < -0.39 is 20.7 Å². The Bertz CT molecular complexity index is 636. The van der Waals surface area contributed by atoms with E-state index in [4.69, 9.17) is 5.14 Å². The molecule has 1 rings (SSSR count). The molecular weight excluding hydrogens is 295 g/mol. The van der Waals surface area contributed by atoms with Gasteiger partial charge in [-0.25, -0.2) is 17.9 Å². The van der Waals surface area contributed by atoms with Gasteiger partial charge in [0, 0.05) is 12.1 Å². The molecule has 0 spiro atoms. The SMILES string of the molecule is CC(CC(=O)Nc1ccc(S(N)(=O)=O)c(F)c1)C(C)(C)C. The highest BCUT2D eigenvalue weighted by atomic mass is 32.2. The van der Waals surface area contributed by atoms with E-state index in [-0.39, 0.29) is 22.9 Å². The summed E-state index contributed by atoms with van der Waals surface area (Å²) in [6.45, 7) is 8.06. The van der Waals surface area contributed by atoms with Gasteiger partial charge in [0.2, 0.25) is 15.9 Å². The van der Waals surface area contributed by atoms with Crippen LogP contribution in [0, 0.1) is 17.2 Å². The third-order valence-electron chi connectivity index (χ3n) is 3.49. The number of primary sulfonamides is 1. The highest BCUT2D eigenvalue weighted by Gasteiger charge is 2.23. The van der Waals surface area contributed by atoms with E-state index >= 15 is 0 Å². The average Bonchev–Trinajstić information content (AvgIpc) is 2.25. The Labute approximate surface area is 124 Å². The van der Waals surface area contributed by atoms with Gasteiger partial charge in [-0.2, -0.15) is 0 Å². The number of benzene rings is 1. The Balaban J connectivity index is 2.81. The number of nitrogens with one attached hydrogen (secondary N) is 1. The number of hydrogen-bond acceptors (Lipinski definition) is 3. The lowest BCUT2D eigenvalue weighted by molar-refractivity contribution is -0.117. The summed E-state index contributed by atoms with van der Waals surface area (Å²) in [6, 6.07) is 3.29. The molecule has 1 unspecified atom stereocenters. The maximum absolute atomic E-state index is 13.6. The second-order valence-corrected chi connectivity index (χ2v) is 7.74. The molecule has 0 heterocycles. The molecule has 21 heavy (non-hydrogen) atoms. The van der Waals surface area contributed by atoms with Crippen molar-refractivity contribution in [3.63, 3.8) is 0 Å². The Kier molecular flexibility index (Phi) is 5.11. The van der Waals surface area contributed by atoms with E-state index in [0.717, 1.165) is 12.1 Å². The zero-order valence-corrected chi connectivity index (χ0v) is 13.4. The minimum atomic E-state index is -4.10. The van der Waals surface area contributed by atoms with Crippen molar-refractivity contribution in [2.75, 3.05) is 5.32 Å². The molecule has 0 fully saturated rings. The van der Waals surface area contributed by atoms with E-state index in [0.29, 0.717) is 6.42 Å². The molecule has 118 valence electrons. The van der Waals surface area contributed by atoms with Crippen LogP contribution in [0.4, 0.5) is 10.1 Å². The lowest BCUT2D eigenvalue weighted by Gasteiger charge is -2.26. The molecule has 0 aliphatic rings. The summed E-state index contributed by atoms with van der Waals surface area (Å²) >= 11 is 0. The number of halogens is 1. The topological polar surface area (TPSA) is 89.3 Å². The van der Waals surface area contributed by atoms with E-state index in [2.05, 4.69) is 5.32 Å². The highest BCUT2D eigenvalue weighted by molar-refractivity contribution is 7.89. The van der Waals surface area contributed by atoms with Gasteiger partial charge in [0.05, 0.1) is 0 Å². The Morgan fingerprint density at radius 1 is 1.38 bits per heavy atom. The van der Waals surface area contributed by atoms with Crippen molar-refractivity contribution in [3.8, 4) is 0 Å². The average molecular weight is 316 g/mol. The van der Waals surface area contributed by atoms with Crippen molar-refractivity contribution in [2.24, 2.45) is 16.5 Å². The van der Waals surface area contributed by atoms with E-state index in [1.807, 2.05) is 27.7 Å². The van der Waals surface area contributed by atoms with Gasteiger partial charge in [-0.1, -0.05) is 27.7 Å². The summed E-state index contributed by atoms with van der Waals surface area (Å²) in [4.78, 5) is 11.3. The maximum Gasteiger partial charge on any atom is 0.240 e. The monoisotopic (exact) mass is 316 g/mol. The molecule has 1 aromatic rings. The van der Waals surface area contributed by atoms with Crippen molar-refractivity contribution in [1.29, 1.82) is 0 Å². The number of nitrogens with two attached hydrogens (primary N) is 1. The van der Waals surface area contributed by atoms with Crippen molar-refractivity contribution in [2.45, 2.75) is 39.0 Å². The summed E-state index contributed by atoms with van der Waals surface area (Å²) in [5.41, 5.74) is 0.186. The van der Waals surface area contributed by atoms with Crippen LogP contribution in [-0.2, 0) is 14.8 Å². The van der Waals surface area contributed by atoms with Crippen LogP contribution in [-0.4, -0.2) is 14.3 Å². The summed E-state index contributed by atoms with van der Waals surface area (Å²) in [5.74, 6) is -1.09. The molecule has 1 aromatic carbocycles. The largest absolute Gasteiger partial charge is 0.326 e. The number of rotatable bonds is 4. The summed E-state index contributed by atoms with van der Waals surface area (Å²) in [7, 11) is -4.10. The number of carbonyl (C=O) groups is 1. The van der Waals surface area contributed by atoms with E-state index in [1.165, 1.54) is 6.07 Å². The molecule has 3 N–H and O–H groups in total. The Morgan fingerprint density at radius 3 is 2.38 bits per heavy atom. The van der Waals surface area contributed by atoms with Crippen LogP contribution >= 0.6 is 0 Å². The molecular formula is C14H21FN2O3S. The molecule has 1 amide bonds. The maximum atomic E-state index is 13.6. The number of sulfonamides is 1. The molecule has 5 nitrogen and oxygen atoms in total. The zero-order chi connectivity index (χ0) is 16.4. The summed E-state index contributed by atoms with van der Waals surface area (Å²) < 4.78 is 35.8. The predicted molar refractivity (Wildman–Crippen MR) is 79.6 cm³/mol. The van der Waals surface area contributed by atoms with Crippen LogP contribution in [0.2, 0.25) is 0 Å². The molecule has 0 bridgehead atoms. The van der Waals surface area contributed by atoms with Crippen LogP contribution < -0.4 is 10.5 Å². The Morgan fingerprint density at radius 2 is 1.95 bits per heavy atom. The van der Waals surface area contributed by atoms with Crippen LogP contribution in [0.15, 0.2) is 23.1 Å². The van der Waals surface area contributed by atoms with Gasteiger partial charge in [0.15, 0.2) is 0 Å². The van der Waals surface area contributed by atoms with E-state index in [9.17, 15) is 17.6 Å². The van der Waals surface area contributed by atoms with Crippen molar-refractivity contribution >= 4 is 21.6 Å². The fourth-order valence-electron chi connectivity index (χ4n) is 1.61. The fourth-order valence-corrected chi connectivity index (χ4v) is 2.19. The number of hydrogen-bond donors (Lipinski definition) is 2. The van der Waals surface area contributed by atoms with Gasteiger partial charge in [-0.3, -0.25) is 4.79 Å². The summed E-state index contributed by atoms with van der Waals surface area (Å²) in [6.07, 6.45) is 0.294. The standard InChI is InChI=1S/C14H21FN2O3S/c1-9(14(2,3)4)7-13(18)17-10-5-6-12(11(15)8-10)21(16,19)20/h5-6,8-9H,7H2,1-4H3,(H,17,18)(H2,16,19,20). The van der Waals surface area contributed by atoms with Crippen LogP contribution in [0.3, 0.4) is 0 Å². The number of amides is 1. The molecule has 0 aliphatic carbocycles. The first-order valence-electron chi connectivity index (χ1n) is 6.53. The van der Waals surface area contributed by atoms with E-state index in [1.54, 1.807) is 0 Å². The van der Waals surface area contributed by atoms with Crippen molar-refractivity contribution < 1.29 is 17.6 Å². The van der Waals surface area contributed by atoms with Crippen LogP contribution in [0.25, 0.3) is 0 Å². The van der Waals surface area contributed by atoms with Gasteiger partial charge in [0.1, 0.15) is 10.7 Å². The van der Waals surface area contributed by atoms with Gasteiger partial charge >= 0.3 is 0 Å². The third-order valence-corrected chi connectivity index (χ3v) is 4.44. The minimum Gasteiger partial charge on any atom is -0.326 e. The predicted octanol–water partition coefficient (Wildman–Crippen LogP) is 2.48. The molecule has 1 atom stereocenters. The smallest absolute Gasteiger partial charge is 0.240 e. The second kappa shape index (κ2) is 6.11. The van der Waals surface area contributed by atoms with Crippen LogP contribution in [0.5, 0.6) is 0 Å². The first kappa shape index (κ1) is 17.6. The third kappa shape index (κ3) is 5.09. The van der Waals surface area contributed by atoms with Crippen molar-refractivity contribution in [1.82, 2.24) is 0 Å². The zero-order valence-electron chi connectivity index (χ0n) is 12.6.